The van der Waals surface area contributed by atoms with Crippen molar-refractivity contribution in [3.05, 3.63) is 16.1 Å². The maximum Gasteiger partial charge on any atom is 0.326 e. The van der Waals surface area contributed by atoms with Crippen LogP contribution in [0.2, 0.25) is 0 Å². The van der Waals surface area contributed by atoms with Gasteiger partial charge < -0.3 is 15.7 Å². The van der Waals surface area contributed by atoms with E-state index in [-0.39, 0.29) is 0 Å². The lowest BCUT2D eigenvalue weighted by molar-refractivity contribution is -0.141. The van der Waals surface area contributed by atoms with Gasteiger partial charge in [0.1, 0.15) is 11.0 Å². The number of carboxylic acids is 1. The quantitative estimate of drug-likeness (QED) is 0.775. The highest BCUT2D eigenvalue weighted by molar-refractivity contribution is 7.11. The lowest BCUT2D eigenvalue weighted by Crippen LogP contribution is -2.52. The Bertz CT molecular complexity index is 479. The van der Waals surface area contributed by atoms with Crippen molar-refractivity contribution < 1.29 is 14.7 Å². The van der Waals surface area contributed by atoms with Crippen molar-refractivity contribution in [3.63, 3.8) is 0 Å². The fraction of sp³-hybridized carbons (Fsp3) is 0.615. The maximum absolute atomic E-state index is 11.7. The number of carboxylic acid groups (broad SMARTS) is 1. The Balaban J connectivity index is 2.52. The second-order valence-corrected chi connectivity index (χ2v) is 6.74. The molecule has 0 aliphatic carbocycles. The minimum Gasteiger partial charge on any atom is -0.480 e. The molecule has 0 aliphatic rings. The number of thiazole rings is 1. The molecule has 1 aromatic heterocycles. The summed E-state index contributed by atoms with van der Waals surface area (Å²) in [4.78, 5) is 28.2. The van der Waals surface area contributed by atoms with Crippen LogP contribution in [0, 0.1) is 5.41 Å². The van der Waals surface area contributed by atoms with Gasteiger partial charge in [0.05, 0.1) is 6.54 Å². The van der Waals surface area contributed by atoms with Gasteiger partial charge >= 0.3 is 12.0 Å². The lowest BCUT2D eigenvalue weighted by atomic mass is 9.87. The molecule has 0 unspecified atom stereocenters. The van der Waals surface area contributed by atoms with Gasteiger partial charge in [-0.15, -0.1) is 11.3 Å². The van der Waals surface area contributed by atoms with E-state index in [0.29, 0.717) is 6.54 Å². The van der Waals surface area contributed by atoms with Crippen molar-refractivity contribution in [2.45, 2.75) is 46.7 Å². The Hall–Kier alpha value is -1.63. The number of aromatic nitrogens is 1. The van der Waals surface area contributed by atoms with E-state index in [2.05, 4.69) is 15.6 Å². The third-order valence-electron chi connectivity index (χ3n) is 2.74. The standard InChI is InChI=1S/C13H21N3O3S/c1-5-8-6-14-9(20-8)7-15-12(19)16-10(11(17)18)13(2,3)4/h6,10H,5,7H2,1-4H3,(H,17,18)(H2,15,16,19)/t10-/m0/s1. The van der Waals surface area contributed by atoms with Crippen LogP contribution < -0.4 is 10.6 Å². The van der Waals surface area contributed by atoms with Crippen molar-refractivity contribution in [1.82, 2.24) is 15.6 Å². The fourth-order valence-electron chi connectivity index (χ4n) is 1.58. The minimum atomic E-state index is -1.05. The van der Waals surface area contributed by atoms with Crippen molar-refractivity contribution in [1.29, 1.82) is 0 Å². The topological polar surface area (TPSA) is 91.3 Å². The molecule has 2 amide bonds. The van der Waals surface area contributed by atoms with Crippen molar-refractivity contribution >= 4 is 23.3 Å². The zero-order valence-electron chi connectivity index (χ0n) is 12.2. The number of aliphatic carboxylic acids is 1. The van der Waals surface area contributed by atoms with Crippen molar-refractivity contribution in [2.75, 3.05) is 0 Å². The zero-order chi connectivity index (χ0) is 15.3. The van der Waals surface area contributed by atoms with Gasteiger partial charge in [0.25, 0.3) is 0 Å². The molecule has 3 N–H and O–H groups in total. The highest BCUT2D eigenvalue weighted by atomic mass is 32.1. The Labute approximate surface area is 122 Å². The highest BCUT2D eigenvalue weighted by Gasteiger charge is 2.32. The first-order valence-corrected chi connectivity index (χ1v) is 7.26. The summed E-state index contributed by atoms with van der Waals surface area (Å²) in [5.74, 6) is -1.05. The SMILES string of the molecule is CCc1cnc(CNC(=O)N[C@@H](C(=O)O)C(C)(C)C)s1. The predicted octanol–water partition coefficient (Wildman–Crippen LogP) is 2.00. The predicted molar refractivity (Wildman–Crippen MR) is 77.7 cm³/mol. The molecule has 0 spiro atoms. The summed E-state index contributed by atoms with van der Waals surface area (Å²) in [7, 11) is 0. The lowest BCUT2D eigenvalue weighted by Gasteiger charge is -2.27. The second kappa shape index (κ2) is 6.69. The molecular weight excluding hydrogens is 278 g/mol. The fourth-order valence-corrected chi connectivity index (χ4v) is 2.38. The van der Waals surface area contributed by atoms with Gasteiger partial charge in [-0.05, 0) is 11.8 Å². The molecule has 20 heavy (non-hydrogen) atoms. The van der Waals surface area contributed by atoms with E-state index in [9.17, 15) is 9.59 Å². The number of hydrogen-bond acceptors (Lipinski definition) is 4. The third kappa shape index (κ3) is 4.80. The largest absolute Gasteiger partial charge is 0.480 e. The van der Waals surface area contributed by atoms with Gasteiger partial charge in [0.15, 0.2) is 0 Å². The monoisotopic (exact) mass is 299 g/mol. The second-order valence-electron chi connectivity index (χ2n) is 5.54. The Morgan fingerprint density at radius 1 is 1.45 bits per heavy atom. The summed E-state index contributed by atoms with van der Waals surface area (Å²) in [6.45, 7) is 7.63. The molecule has 0 saturated heterocycles. The molecule has 0 bridgehead atoms. The number of aryl methyl sites for hydroxylation is 1. The number of carbonyl (C=O) groups excluding carboxylic acids is 1. The number of rotatable bonds is 5. The first-order valence-electron chi connectivity index (χ1n) is 6.44. The summed E-state index contributed by atoms with van der Waals surface area (Å²) in [6, 6.07) is -1.44. The summed E-state index contributed by atoms with van der Waals surface area (Å²) >= 11 is 1.54. The number of carbonyl (C=O) groups is 2. The van der Waals surface area contributed by atoms with Gasteiger partial charge in [-0.1, -0.05) is 27.7 Å². The molecule has 1 aromatic rings. The van der Waals surface area contributed by atoms with Crippen LogP contribution in [-0.4, -0.2) is 28.1 Å². The van der Waals surface area contributed by atoms with Crippen LogP contribution in [0.3, 0.4) is 0 Å². The van der Waals surface area contributed by atoms with Crippen LogP contribution in [0.25, 0.3) is 0 Å². The number of hydrogen-bond donors (Lipinski definition) is 3. The Morgan fingerprint density at radius 2 is 2.10 bits per heavy atom. The van der Waals surface area contributed by atoms with Crippen LogP contribution in [-0.2, 0) is 17.8 Å². The number of nitrogens with zero attached hydrogens (tertiary/aromatic N) is 1. The highest BCUT2D eigenvalue weighted by Crippen LogP contribution is 2.19. The van der Waals surface area contributed by atoms with Gasteiger partial charge in [-0.25, -0.2) is 14.6 Å². The first-order chi connectivity index (χ1) is 9.24. The zero-order valence-corrected chi connectivity index (χ0v) is 13.0. The molecule has 7 heteroatoms. The number of nitrogens with one attached hydrogen (secondary N) is 2. The number of amides is 2. The summed E-state index contributed by atoms with van der Waals surface area (Å²) < 4.78 is 0. The van der Waals surface area contributed by atoms with Gasteiger partial charge in [-0.2, -0.15) is 0 Å². The van der Waals surface area contributed by atoms with Crippen LogP contribution in [0.5, 0.6) is 0 Å². The average Bonchev–Trinajstić information content (AvgIpc) is 2.79. The molecule has 0 aliphatic heterocycles. The summed E-state index contributed by atoms with van der Waals surface area (Å²) in [5.41, 5.74) is -0.556. The van der Waals surface area contributed by atoms with Crippen LogP contribution in [0.4, 0.5) is 4.79 Å². The molecule has 112 valence electrons. The summed E-state index contributed by atoms with van der Waals surface area (Å²) in [5, 5.41) is 15.0. The molecule has 0 saturated carbocycles. The van der Waals surface area contributed by atoms with E-state index in [1.165, 1.54) is 11.3 Å². The Morgan fingerprint density at radius 3 is 2.55 bits per heavy atom. The van der Waals surface area contributed by atoms with Crippen LogP contribution >= 0.6 is 11.3 Å². The molecule has 0 radical (unpaired) electrons. The van der Waals surface area contributed by atoms with E-state index in [1.807, 2.05) is 6.92 Å². The van der Waals surface area contributed by atoms with Gasteiger partial charge in [0, 0.05) is 11.1 Å². The molecule has 1 heterocycles. The third-order valence-corrected chi connectivity index (χ3v) is 3.88. The van der Waals surface area contributed by atoms with E-state index in [1.54, 1.807) is 27.0 Å². The smallest absolute Gasteiger partial charge is 0.326 e. The van der Waals surface area contributed by atoms with E-state index in [4.69, 9.17) is 5.11 Å². The van der Waals surface area contributed by atoms with E-state index < -0.39 is 23.5 Å². The normalized spacial score (nSPS) is 12.8. The molecule has 6 nitrogen and oxygen atoms in total. The maximum atomic E-state index is 11.7. The van der Waals surface area contributed by atoms with E-state index >= 15 is 0 Å². The average molecular weight is 299 g/mol. The summed E-state index contributed by atoms with van der Waals surface area (Å²) in [6.07, 6.45) is 2.70. The molecule has 0 fully saturated rings. The molecule has 0 aromatic carbocycles. The van der Waals surface area contributed by atoms with Crippen LogP contribution in [0.1, 0.15) is 37.6 Å². The van der Waals surface area contributed by atoms with Crippen LogP contribution in [0.15, 0.2) is 6.20 Å². The first kappa shape index (κ1) is 16.4. The molecule has 1 rings (SSSR count). The molecular formula is C13H21N3O3S. The van der Waals surface area contributed by atoms with Crippen molar-refractivity contribution in [3.8, 4) is 0 Å². The molecule has 1 atom stereocenters. The minimum absolute atomic E-state index is 0.299. The Kier molecular flexibility index (Phi) is 5.50. The number of urea groups is 1. The van der Waals surface area contributed by atoms with Crippen molar-refractivity contribution in [2.24, 2.45) is 5.41 Å². The van der Waals surface area contributed by atoms with Gasteiger partial charge in [0.2, 0.25) is 0 Å². The van der Waals surface area contributed by atoms with E-state index in [0.717, 1.165) is 16.3 Å². The van der Waals surface area contributed by atoms with Gasteiger partial charge in [-0.3, -0.25) is 0 Å².